The van der Waals surface area contributed by atoms with E-state index in [0.717, 1.165) is 5.69 Å². The van der Waals surface area contributed by atoms with Crippen LogP contribution in [0.3, 0.4) is 0 Å². The van der Waals surface area contributed by atoms with E-state index in [1.54, 1.807) is 28.9 Å². The Hall–Kier alpha value is -3.72. The molecule has 1 aliphatic heterocycles. The Labute approximate surface area is 174 Å². The van der Waals surface area contributed by atoms with Gasteiger partial charge < -0.3 is 4.98 Å². The number of aromatic nitrogens is 4. The quantitative estimate of drug-likeness (QED) is 0.304. The van der Waals surface area contributed by atoms with Gasteiger partial charge in [-0.25, -0.2) is 9.67 Å². The van der Waals surface area contributed by atoms with E-state index in [0.29, 0.717) is 33.1 Å². The minimum Gasteiger partial charge on any atom is -0.301 e. The standard InChI is InChI=1S/C21H15N5O3S/c27-18-16-12-22-26(13-6-2-1-3-7-13)17(16)23-21(24-18)30-11-10-25-19(28)14-8-4-5-9-15(14)20(25)29/h1-9,12H,10-11H2,(H,23,24,27). The molecule has 0 bridgehead atoms. The van der Waals surface area contributed by atoms with Gasteiger partial charge in [-0.1, -0.05) is 42.1 Å². The molecule has 5 rings (SSSR count). The van der Waals surface area contributed by atoms with E-state index in [1.807, 2.05) is 30.3 Å². The number of para-hydroxylation sites is 1. The number of imide groups is 1. The third-order valence-electron chi connectivity index (χ3n) is 4.85. The normalized spacial score (nSPS) is 13.3. The predicted octanol–water partition coefficient (Wildman–Crippen LogP) is 2.50. The first-order chi connectivity index (χ1) is 14.6. The van der Waals surface area contributed by atoms with Crippen LogP contribution in [0.15, 0.2) is 70.7 Å². The smallest absolute Gasteiger partial charge is 0.262 e. The molecular formula is C21H15N5O3S. The lowest BCUT2D eigenvalue weighted by atomic mass is 10.1. The second-order valence-electron chi connectivity index (χ2n) is 6.66. The molecule has 0 radical (unpaired) electrons. The van der Waals surface area contributed by atoms with E-state index in [4.69, 9.17) is 0 Å². The Morgan fingerprint density at radius 2 is 1.57 bits per heavy atom. The highest BCUT2D eigenvalue weighted by Crippen LogP contribution is 2.24. The summed E-state index contributed by atoms with van der Waals surface area (Å²) in [5.41, 5.74) is 1.81. The van der Waals surface area contributed by atoms with Gasteiger partial charge in [0.2, 0.25) is 0 Å². The molecule has 148 valence electrons. The van der Waals surface area contributed by atoms with Crippen LogP contribution in [0.1, 0.15) is 20.7 Å². The van der Waals surface area contributed by atoms with Crippen LogP contribution in [0.2, 0.25) is 0 Å². The lowest BCUT2D eigenvalue weighted by molar-refractivity contribution is 0.0664. The summed E-state index contributed by atoms with van der Waals surface area (Å²) < 4.78 is 1.61. The number of thioether (sulfide) groups is 1. The lowest BCUT2D eigenvalue weighted by Crippen LogP contribution is -2.31. The van der Waals surface area contributed by atoms with E-state index in [9.17, 15) is 14.4 Å². The summed E-state index contributed by atoms with van der Waals surface area (Å²) in [5.74, 6) is -0.190. The number of carbonyl (C=O) groups excluding carboxylic acids is 2. The Morgan fingerprint density at radius 1 is 0.900 bits per heavy atom. The third-order valence-corrected chi connectivity index (χ3v) is 5.70. The monoisotopic (exact) mass is 417 g/mol. The number of carbonyl (C=O) groups is 2. The number of nitrogens with one attached hydrogen (secondary N) is 1. The average molecular weight is 417 g/mol. The van der Waals surface area contributed by atoms with Crippen molar-refractivity contribution >= 4 is 34.6 Å². The van der Waals surface area contributed by atoms with Crippen molar-refractivity contribution in [1.82, 2.24) is 24.6 Å². The van der Waals surface area contributed by atoms with Gasteiger partial charge in [-0.3, -0.25) is 19.3 Å². The van der Waals surface area contributed by atoms with Gasteiger partial charge in [0, 0.05) is 12.3 Å². The number of nitrogens with zero attached hydrogens (tertiary/aromatic N) is 4. The van der Waals surface area contributed by atoms with Crippen molar-refractivity contribution in [3.8, 4) is 5.69 Å². The fourth-order valence-corrected chi connectivity index (χ4v) is 4.18. The number of fused-ring (bicyclic) bond motifs is 2. The average Bonchev–Trinajstić information content (AvgIpc) is 3.30. The SMILES string of the molecule is O=C1c2ccccc2C(=O)N1CCSc1nc2c(cnn2-c2ccccc2)c(=O)[nH]1. The minimum atomic E-state index is -0.296. The molecule has 0 unspecified atom stereocenters. The van der Waals surface area contributed by atoms with Crippen molar-refractivity contribution in [2.45, 2.75) is 5.16 Å². The third kappa shape index (κ3) is 3.00. The first kappa shape index (κ1) is 18.3. The number of rotatable bonds is 5. The van der Waals surface area contributed by atoms with Crippen LogP contribution in [0, 0.1) is 0 Å². The number of benzene rings is 2. The van der Waals surface area contributed by atoms with Gasteiger partial charge in [0.05, 0.1) is 23.0 Å². The molecule has 30 heavy (non-hydrogen) atoms. The first-order valence-corrected chi connectivity index (χ1v) is 10.2. The van der Waals surface area contributed by atoms with E-state index < -0.39 is 0 Å². The molecule has 9 heteroatoms. The fourth-order valence-electron chi connectivity index (χ4n) is 3.40. The number of amides is 2. The molecule has 4 aromatic rings. The molecule has 2 amide bonds. The van der Waals surface area contributed by atoms with Crippen molar-refractivity contribution < 1.29 is 9.59 Å². The highest BCUT2D eigenvalue weighted by Gasteiger charge is 2.34. The number of H-pyrrole nitrogens is 1. The van der Waals surface area contributed by atoms with E-state index in [1.165, 1.54) is 22.9 Å². The molecule has 1 aliphatic rings. The Morgan fingerprint density at radius 3 is 2.27 bits per heavy atom. The van der Waals surface area contributed by atoms with E-state index in [-0.39, 0.29) is 23.9 Å². The van der Waals surface area contributed by atoms with Gasteiger partial charge in [-0.05, 0) is 24.3 Å². The highest BCUT2D eigenvalue weighted by atomic mass is 32.2. The van der Waals surface area contributed by atoms with Crippen molar-refractivity contribution in [3.63, 3.8) is 0 Å². The molecule has 0 aliphatic carbocycles. The summed E-state index contributed by atoms with van der Waals surface area (Å²) in [6, 6.07) is 16.2. The summed E-state index contributed by atoms with van der Waals surface area (Å²) >= 11 is 1.27. The molecule has 2 aromatic heterocycles. The number of hydrogen-bond donors (Lipinski definition) is 1. The molecule has 3 heterocycles. The molecule has 0 atom stereocenters. The topological polar surface area (TPSA) is 101 Å². The summed E-state index contributed by atoms with van der Waals surface area (Å²) in [6.07, 6.45) is 1.49. The Kier molecular flexibility index (Phi) is 4.44. The molecule has 1 N–H and O–H groups in total. The molecule has 0 spiro atoms. The van der Waals surface area contributed by atoms with Crippen LogP contribution in [0.4, 0.5) is 0 Å². The largest absolute Gasteiger partial charge is 0.301 e. The Balaban J connectivity index is 1.36. The number of aromatic amines is 1. The predicted molar refractivity (Wildman–Crippen MR) is 112 cm³/mol. The second kappa shape index (κ2) is 7.27. The molecular weight excluding hydrogens is 402 g/mol. The van der Waals surface area contributed by atoms with E-state index in [2.05, 4.69) is 15.1 Å². The zero-order valence-electron chi connectivity index (χ0n) is 15.6. The minimum absolute atomic E-state index is 0.219. The molecule has 8 nitrogen and oxygen atoms in total. The van der Waals surface area contributed by atoms with Gasteiger partial charge in [-0.15, -0.1) is 0 Å². The summed E-state index contributed by atoms with van der Waals surface area (Å²) in [7, 11) is 0. The zero-order chi connectivity index (χ0) is 20.7. The van der Waals surface area contributed by atoms with Crippen LogP contribution in [0.5, 0.6) is 0 Å². The van der Waals surface area contributed by atoms with Gasteiger partial charge in [0.15, 0.2) is 10.8 Å². The van der Waals surface area contributed by atoms with Crippen LogP contribution < -0.4 is 5.56 Å². The summed E-state index contributed by atoms with van der Waals surface area (Å²) in [5, 5.41) is 5.08. The van der Waals surface area contributed by atoms with Crippen LogP contribution >= 0.6 is 11.8 Å². The highest BCUT2D eigenvalue weighted by molar-refractivity contribution is 7.99. The molecule has 2 aromatic carbocycles. The first-order valence-electron chi connectivity index (χ1n) is 9.25. The van der Waals surface area contributed by atoms with Crippen LogP contribution in [-0.4, -0.2) is 48.8 Å². The molecule has 0 saturated carbocycles. The Bertz CT molecular complexity index is 1310. The maximum atomic E-state index is 12.5. The number of hydrogen-bond acceptors (Lipinski definition) is 6. The van der Waals surface area contributed by atoms with Gasteiger partial charge in [0.1, 0.15) is 5.39 Å². The molecule has 0 fully saturated rings. The van der Waals surface area contributed by atoms with Gasteiger partial charge in [-0.2, -0.15) is 5.10 Å². The second-order valence-corrected chi connectivity index (χ2v) is 7.74. The van der Waals surface area contributed by atoms with Crippen LogP contribution in [-0.2, 0) is 0 Å². The lowest BCUT2D eigenvalue weighted by Gasteiger charge is -2.13. The van der Waals surface area contributed by atoms with Gasteiger partial charge in [0.25, 0.3) is 17.4 Å². The van der Waals surface area contributed by atoms with Crippen molar-refractivity contribution in [3.05, 3.63) is 82.3 Å². The van der Waals surface area contributed by atoms with Crippen molar-refractivity contribution in [2.75, 3.05) is 12.3 Å². The van der Waals surface area contributed by atoms with Crippen LogP contribution in [0.25, 0.3) is 16.7 Å². The fraction of sp³-hybridized carbons (Fsp3) is 0.0952. The van der Waals surface area contributed by atoms with Gasteiger partial charge >= 0.3 is 0 Å². The van der Waals surface area contributed by atoms with Crippen molar-refractivity contribution in [1.29, 1.82) is 0 Å². The summed E-state index contributed by atoms with van der Waals surface area (Å²) in [6.45, 7) is 0.219. The van der Waals surface area contributed by atoms with E-state index >= 15 is 0 Å². The summed E-state index contributed by atoms with van der Waals surface area (Å²) in [4.78, 5) is 45.8. The maximum Gasteiger partial charge on any atom is 0.262 e. The molecule has 0 saturated heterocycles. The maximum absolute atomic E-state index is 12.5. The zero-order valence-corrected chi connectivity index (χ0v) is 16.4. The van der Waals surface area contributed by atoms with Crippen molar-refractivity contribution in [2.24, 2.45) is 0 Å².